The predicted octanol–water partition coefficient (Wildman–Crippen LogP) is 2.88. The summed E-state index contributed by atoms with van der Waals surface area (Å²) >= 11 is 6.11. The van der Waals surface area contributed by atoms with Gasteiger partial charge in [-0.1, -0.05) is 24.6 Å². The van der Waals surface area contributed by atoms with Crippen LogP contribution in [0.25, 0.3) is 0 Å². The molecular weight excluding hydrogens is 288 g/mol. The Bertz CT molecular complexity index is 604. The lowest BCUT2D eigenvalue weighted by Gasteiger charge is -2.08. The Kier molecular flexibility index (Phi) is 5.51. The highest BCUT2D eigenvalue weighted by Gasteiger charge is 2.09. The van der Waals surface area contributed by atoms with Crippen LogP contribution < -0.4 is 10.6 Å². The van der Waals surface area contributed by atoms with Gasteiger partial charge < -0.3 is 10.6 Å². The fraction of sp³-hybridized carbons (Fsp3) is 0.267. The molecule has 0 saturated carbocycles. The van der Waals surface area contributed by atoms with Gasteiger partial charge in [0, 0.05) is 18.9 Å². The smallest absolute Gasteiger partial charge is 0.253 e. The summed E-state index contributed by atoms with van der Waals surface area (Å²) in [4.78, 5) is 20.4. The Morgan fingerprint density at radius 1 is 1.33 bits per heavy atom. The average Bonchev–Trinajstić information content (AvgIpc) is 2.52. The molecule has 0 spiro atoms. The largest absolute Gasteiger partial charge is 0.369 e. The van der Waals surface area contributed by atoms with Gasteiger partial charge in [0.2, 0.25) is 0 Å². The summed E-state index contributed by atoms with van der Waals surface area (Å²) < 4.78 is 0. The molecule has 21 heavy (non-hydrogen) atoms. The van der Waals surface area contributed by atoms with Crippen molar-refractivity contribution in [3.05, 3.63) is 52.9 Å². The minimum Gasteiger partial charge on any atom is -0.369 e. The van der Waals surface area contributed by atoms with Crippen LogP contribution in [-0.4, -0.2) is 22.4 Å². The molecule has 0 atom stereocenters. The van der Waals surface area contributed by atoms with Gasteiger partial charge in [0.25, 0.3) is 5.91 Å². The van der Waals surface area contributed by atoms with Gasteiger partial charge in [0.1, 0.15) is 5.82 Å². The van der Waals surface area contributed by atoms with Crippen LogP contribution in [0.15, 0.2) is 36.7 Å². The van der Waals surface area contributed by atoms with E-state index in [1.54, 1.807) is 12.3 Å². The maximum atomic E-state index is 12.0. The Labute approximate surface area is 128 Å². The number of amides is 1. The fourth-order valence-electron chi connectivity index (χ4n) is 1.71. The minimum atomic E-state index is -0.225. The molecule has 0 radical (unpaired) electrons. The Morgan fingerprint density at radius 2 is 2.19 bits per heavy atom. The second-order valence-corrected chi connectivity index (χ2v) is 4.89. The zero-order valence-corrected chi connectivity index (χ0v) is 12.5. The Hall–Kier alpha value is -2.14. The first-order chi connectivity index (χ1) is 10.2. The van der Waals surface area contributed by atoms with Gasteiger partial charge in [-0.2, -0.15) is 0 Å². The summed E-state index contributed by atoms with van der Waals surface area (Å²) in [5.41, 5.74) is 1.23. The molecule has 0 bridgehead atoms. The average molecular weight is 305 g/mol. The van der Waals surface area contributed by atoms with E-state index >= 15 is 0 Å². The van der Waals surface area contributed by atoms with Crippen molar-refractivity contribution in [3.8, 4) is 0 Å². The molecule has 0 aliphatic carbocycles. The van der Waals surface area contributed by atoms with Crippen LogP contribution in [-0.2, 0) is 6.54 Å². The molecule has 2 rings (SSSR count). The molecule has 0 saturated heterocycles. The van der Waals surface area contributed by atoms with Gasteiger partial charge in [-0.3, -0.25) is 9.78 Å². The molecule has 2 heterocycles. The van der Waals surface area contributed by atoms with E-state index in [0.29, 0.717) is 22.9 Å². The third-order valence-electron chi connectivity index (χ3n) is 2.80. The number of hydrogen-bond donors (Lipinski definition) is 2. The van der Waals surface area contributed by atoms with E-state index in [4.69, 9.17) is 11.6 Å². The zero-order chi connectivity index (χ0) is 15.1. The number of rotatable bonds is 6. The maximum absolute atomic E-state index is 12.0. The van der Waals surface area contributed by atoms with Gasteiger partial charge >= 0.3 is 0 Å². The normalized spacial score (nSPS) is 10.2. The van der Waals surface area contributed by atoms with Gasteiger partial charge in [-0.05, 0) is 24.6 Å². The number of nitrogens with zero attached hydrogens (tertiary/aromatic N) is 2. The molecule has 2 aromatic heterocycles. The first-order valence-electron chi connectivity index (χ1n) is 6.78. The van der Waals surface area contributed by atoms with Crippen molar-refractivity contribution in [3.63, 3.8) is 0 Å². The Morgan fingerprint density at radius 3 is 2.86 bits per heavy atom. The van der Waals surface area contributed by atoms with Gasteiger partial charge in [0.15, 0.2) is 0 Å². The Balaban J connectivity index is 1.98. The molecule has 0 aromatic carbocycles. The van der Waals surface area contributed by atoms with E-state index in [0.717, 1.165) is 18.7 Å². The third-order valence-corrected chi connectivity index (χ3v) is 3.09. The number of anilines is 1. The van der Waals surface area contributed by atoms with Crippen molar-refractivity contribution in [1.82, 2.24) is 15.3 Å². The number of hydrogen-bond acceptors (Lipinski definition) is 4. The van der Waals surface area contributed by atoms with Gasteiger partial charge in [-0.25, -0.2) is 4.98 Å². The summed E-state index contributed by atoms with van der Waals surface area (Å²) in [5, 5.41) is 6.33. The predicted molar refractivity (Wildman–Crippen MR) is 83.4 cm³/mol. The molecule has 0 unspecified atom stereocenters. The third kappa shape index (κ3) is 4.43. The van der Waals surface area contributed by atoms with Crippen molar-refractivity contribution in [2.45, 2.75) is 19.9 Å². The van der Waals surface area contributed by atoms with Crippen molar-refractivity contribution < 1.29 is 4.79 Å². The second kappa shape index (κ2) is 7.59. The fourth-order valence-corrected chi connectivity index (χ4v) is 1.94. The van der Waals surface area contributed by atoms with Crippen LogP contribution in [0.4, 0.5) is 5.82 Å². The highest BCUT2D eigenvalue weighted by atomic mass is 35.5. The molecule has 0 aliphatic heterocycles. The maximum Gasteiger partial charge on any atom is 0.253 e. The van der Waals surface area contributed by atoms with Gasteiger partial charge in [0.05, 0.1) is 22.8 Å². The molecule has 2 aromatic rings. The zero-order valence-electron chi connectivity index (χ0n) is 11.8. The lowest BCUT2D eigenvalue weighted by atomic mass is 10.2. The highest BCUT2D eigenvalue weighted by Crippen LogP contribution is 2.20. The number of carbonyl (C=O) groups is 1. The van der Waals surface area contributed by atoms with E-state index in [1.165, 1.54) is 6.20 Å². The number of halogens is 1. The highest BCUT2D eigenvalue weighted by molar-refractivity contribution is 6.33. The topological polar surface area (TPSA) is 66.9 Å². The standard InChI is InChI=1S/C15H17ClN4O/c1-2-6-18-14-13(16)8-11(9-19-14)15(21)20-10-12-5-3-4-7-17-12/h3-5,7-9H,2,6,10H2,1H3,(H,18,19)(H,20,21). The molecular formula is C15H17ClN4O. The summed E-state index contributed by atoms with van der Waals surface area (Å²) in [6.45, 7) is 3.21. The number of carbonyl (C=O) groups excluding carboxylic acids is 1. The van der Waals surface area contributed by atoms with Crippen LogP contribution in [0.3, 0.4) is 0 Å². The lowest BCUT2D eigenvalue weighted by molar-refractivity contribution is 0.0950. The van der Waals surface area contributed by atoms with Crippen LogP contribution in [0.1, 0.15) is 29.4 Å². The van der Waals surface area contributed by atoms with E-state index in [-0.39, 0.29) is 5.91 Å². The number of aromatic nitrogens is 2. The quantitative estimate of drug-likeness (QED) is 0.861. The van der Waals surface area contributed by atoms with Crippen molar-refractivity contribution in [2.75, 3.05) is 11.9 Å². The van der Waals surface area contributed by atoms with Crippen LogP contribution >= 0.6 is 11.6 Å². The van der Waals surface area contributed by atoms with E-state index < -0.39 is 0 Å². The SMILES string of the molecule is CCCNc1ncc(C(=O)NCc2ccccn2)cc1Cl. The van der Waals surface area contributed by atoms with Crippen molar-refractivity contribution >= 4 is 23.3 Å². The molecule has 1 amide bonds. The van der Waals surface area contributed by atoms with Crippen LogP contribution in [0.5, 0.6) is 0 Å². The van der Waals surface area contributed by atoms with E-state index in [2.05, 4.69) is 27.5 Å². The number of pyridine rings is 2. The summed E-state index contributed by atoms with van der Waals surface area (Å²) in [6.07, 6.45) is 4.18. The molecule has 0 aliphatic rings. The summed E-state index contributed by atoms with van der Waals surface area (Å²) in [5.74, 6) is 0.372. The summed E-state index contributed by atoms with van der Waals surface area (Å²) in [7, 11) is 0. The first kappa shape index (κ1) is 15.3. The minimum absolute atomic E-state index is 0.225. The molecule has 5 nitrogen and oxygen atoms in total. The monoisotopic (exact) mass is 304 g/mol. The second-order valence-electron chi connectivity index (χ2n) is 4.48. The number of nitrogens with one attached hydrogen (secondary N) is 2. The van der Waals surface area contributed by atoms with Crippen LogP contribution in [0.2, 0.25) is 5.02 Å². The molecule has 110 valence electrons. The lowest BCUT2D eigenvalue weighted by Crippen LogP contribution is -2.23. The summed E-state index contributed by atoms with van der Waals surface area (Å²) in [6, 6.07) is 7.17. The van der Waals surface area contributed by atoms with Crippen LogP contribution in [0, 0.1) is 0 Å². The van der Waals surface area contributed by atoms with Gasteiger partial charge in [-0.15, -0.1) is 0 Å². The molecule has 6 heteroatoms. The first-order valence-corrected chi connectivity index (χ1v) is 7.16. The molecule has 2 N–H and O–H groups in total. The molecule has 0 fully saturated rings. The van der Waals surface area contributed by atoms with Crippen molar-refractivity contribution in [1.29, 1.82) is 0 Å². The van der Waals surface area contributed by atoms with E-state index in [1.807, 2.05) is 18.2 Å². The van der Waals surface area contributed by atoms with E-state index in [9.17, 15) is 4.79 Å². The van der Waals surface area contributed by atoms with Crippen molar-refractivity contribution in [2.24, 2.45) is 0 Å².